The summed E-state index contributed by atoms with van der Waals surface area (Å²) in [6, 6.07) is 0. The first-order chi connectivity index (χ1) is 9.18. The van der Waals surface area contributed by atoms with Gasteiger partial charge in [0.15, 0.2) is 0 Å². The summed E-state index contributed by atoms with van der Waals surface area (Å²) >= 11 is 6.24. The van der Waals surface area contributed by atoms with Gasteiger partial charge >= 0.3 is 7.12 Å². The van der Waals surface area contributed by atoms with Gasteiger partial charge in [0, 0.05) is 0 Å². The van der Waals surface area contributed by atoms with E-state index in [1.807, 2.05) is 6.92 Å². The summed E-state index contributed by atoms with van der Waals surface area (Å²) in [5, 5.41) is 20.7. The van der Waals surface area contributed by atoms with Gasteiger partial charge in [0.05, 0.1) is 16.5 Å². The molecule has 3 aliphatic carbocycles. The number of rotatable bonds is 6. The third kappa shape index (κ3) is 2.33. The average molecular weight is 303 g/mol. The van der Waals surface area contributed by atoms with E-state index in [0.717, 1.165) is 38.5 Å². The Bertz CT molecular complexity index is 351. The molecule has 5 heteroatoms. The molecule has 0 aliphatic heterocycles. The van der Waals surface area contributed by atoms with Gasteiger partial charge in [-0.2, -0.15) is 0 Å². The van der Waals surface area contributed by atoms with E-state index in [-0.39, 0.29) is 5.41 Å². The van der Waals surface area contributed by atoms with Crippen LogP contribution in [0.3, 0.4) is 0 Å². The summed E-state index contributed by atoms with van der Waals surface area (Å²) in [5.41, 5.74) is -1.67. The summed E-state index contributed by atoms with van der Waals surface area (Å²) in [6.07, 6.45) is 5.34. The highest BCUT2D eigenvalue weighted by Crippen LogP contribution is 2.67. The molecule has 0 heterocycles. The number of alkyl halides is 1. The van der Waals surface area contributed by atoms with Crippen molar-refractivity contribution in [2.75, 3.05) is 0 Å². The predicted octanol–water partition coefficient (Wildman–Crippen LogP) is 3.15. The summed E-state index contributed by atoms with van der Waals surface area (Å²) in [7, 11) is -1.01. The second-order valence-corrected chi connectivity index (χ2v) is 7.99. The van der Waals surface area contributed by atoms with Gasteiger partial charge in [-0.1, -0.05) is 33.6 Å². The van der Waals surface area contributed by atoms with Crippen LogP contribution in [0.25, 0.3) is 0 Å². The molecule has 3 rings (SSSR count). The quantitative estimate of drug-likeness (QED) is 0.585. The Morgan fingerprint density at radius 1 is 1.40 bits per heavy atom. The van der Waals surface area contributed by atoms with Gasteiger partial charge in [-0.15, -0.1) is 11.6 Å². The van der Waals surface area contributed by atoms with Gasteiger partial charge in [-0.25, -0.2) is 0 Å². The van der Waals surface area contributed by atoms with Crippen molar-refractivity contribution in [1.29, 1.82) is 0 Å². The molecule has 3 nitrogen and oxygen atoms in total. The fourth-order valence-electron chi connectivity index (χ4n) is 4.25. The molecule has 3 saturated carbocycles. The molecule has 3 aliphatic rings. The Morgan fingerprint density at radius 3 is 2.55 bits per heavy atom. The van der Waals surface area contributed by atoms with Crippen LogP contribution < -0.4 is 0 Å². The molecule has 4 atom stereocenters. The Kier molecular flexibility index (Phi) is 4.53. The average Bonchev–Trinajstić information content (AvgIpc) is 2.37. The third-order valence-electron chi connectivity index (χ3n) is 5.91. The van der Waals surface area contributed by atoms with E-state index in [4.69, 9.17) is 16.3 Å². The van der Waals surface area contributed by atoms with Crippen molar-refractivity contribution in [3.8, 4) is 0 Å². The van der Waals surface area contributed by atoms with E-state index in [0.29, 0.717) is 5.92 Å². The fourth-order valence-corrected chi connectivity index (χ4v) is 4.45. The predicted molar refractivity (Wildman–Crippen MR) is 82.7 cm³/mol. The van der Waals surface area contributed by atoms with Gasteiger partial charge in [0.1, 0.15) is 0 Å². The summed E-state index contributed by atoms with van der Waals surface area (Å²) in [5.74, 6) is 0.569. The highest BCUT2D eigenvalue weighted by atomic mass is 35.5. The van der Waals surface area contributed by atoms with Crippen molar-refractivity contribution < 1.29 is 14.8 Å². The first-order valence-electron chi connectivity index (χ1n) is 7.90. The maximum absolute atomic E-state index is 10.8. The highest BCUT2D eigenvalue weighted by Gasteiger charge is 2.71. The summed E-state index contributed by atoms with van der Waals surface area (Å²) < 4.78 is 6.01. The van der Waals surface area contributed by atoms with E-state index in [1.54, 1.807) is 0 Å². The zero-order valence-corrected chi connectivity index (χ0v) is 13.9. The van der Waals surface area contributed by atoms with Crippen molar-refractivity contribution in [3.05, 3.63) is 0 Å². The Balaban J connectivity index is 2.09. The molecule has 0 saturated heterocycles. The zero-order valence-electron chi connectivity index (χ0n) is 13.2. The molecule has 0 aromatic heterocycles. The third-order valence-corrected chi connectivity index (χ3v) is 6.34. The van der Waals surface area contributed by atoms with Gasteiger partial charge in [-0.3, -0.25) is 0 Å². The molecule has 3 unspecified atom stereocenters. The molecule has 0 spiro atoms. The van der Waals surface area contributed by atoms with Crippen LogP contribution in [0.1, 0.15) is 66.2 Å². The number of unbranched alkanes of at least 4 members (excludes halogenated alkanes) is 1. The van der Waals surface area contributed by atoms with Crippen LogP contribution in [-0.2, 0) is 4.65 Å². The van der Waals surface area contributed by atoms with Crippen molar-refractivity contribution in [3.63, 3.8) is 0 Å². The molecule has 0 amide bonds. The second-order valence-electron chi connectivity index (χ2n) is 7.43. The molecule has 20 heavy (non-hydrogen) atoms. The van der Waals surface area contributed by atoms with Gasteiger partial charge < -0.3 is 14.8 Å². The van der Waals surface area contributed by atoms with E-state index >= 15 is 0 Å². The largest absolute Gasteiger partial charge is 0.473 e. The molecule has 0 aromatic carbocycles. The monoisotopic (exact) mass is 302 g/mol. The van der Waals surface area contributed by atoms with E-state index in [1.165, 1.54) is 0 Å². The van der Waals surface area contributed by atoms with Crippen molar-refractivity contribution in [2.45, 2.75) is 82.7 Å². The van der Waals surface area contributed by atoms with Gasteiger partial charge in [0.2, 0.25) is 0 Å². The lowest BCUT2D eigenvalue weighted by molar-refractivity contribution is -0.304. The highest BCUT2D eigenvalue weighted by molar-refractivity contribution is 6.58. The van der Waals surface area contributed by atoms with Crippen molar-refractivity contribution in [1.82, 2.24) is 0 Å². The SMILES string of the molecule is CCCC[C@@H](Cl)B(O)OC12CC(CCC1(C)O)C2(C)C. The van der Waals surface area contributed by atoms with Crippen LogP contribution in [0, 0.1) is 11.3 Å². The Hall–Kier alpha value is 0.235. The van der Waals surface area contributed by atoms with Crippen molar-refractivity contribution in [2.24, 2.45) is 11.3 Å². The van der Waals surface area contributed by atoms with Gasteiger partial charge in [0.25, 0.3) is 0 Å². The number of aliphatic hydroxyl groups is 1. The minimum absolute atomic E-state index is 0.114. The number of hydrogen-bond donors (Lipinski definition) is 2. The maximum atomic E-state index is 10.8. The minimum atomic E-state index is -1.01. The molecule has 3 fully saturated rings. The van der Waals surface area contributed by atoms with Crippen molar-refractivity contribution >= 4 is 18.7 Å². The maximum Gasteiger partial charge on any atom is 0.473 e. The van der Waals surface area contributed by atoms with E-state index in [2.05, 4.69) is 20.8 Å². The van der Waals surface area contributed by atoms with E-state index < -0.39 is 23.6 Å². The Labute approximate surface area is 128 Å². The number of halogens is 1. The standard InChI is InChI=1S/C15H28BClO3/c1-5-6-7-12(17)16(19)20-15-10-11(13(15,2)3)8-9-14(15,4)18/h11-12,18-19H,5-10H2,1-4H3/t11?,12-,14?,15?/m1/s1. The molecular formula is C15H28BClO3. The molecule has 2 bridgehead atoms. The Morgan fingerprint density at radius 2 is 2.05 bits per heavy atom. The van der Waals surface area contributed by atoms with Crippen LogP contribution >= 0.6 is 11.6 Å². The molecular weight excluding hydrogens is 274 g/mol. The summed E-state index contributed by atoms with van der Waals surface area (Å²) in [4.78, 5) is 0. The van der Waals surface area contributed by atoms with Crippen LogP contribution in [0.5, 0.6) is 0 Å². The lowest BCUT2D eigenvalue weighted by Gasteiger charge is -2.71. The first-order valence-corrected chi connectivity index (χ1v) is 8.34. The van der Waals surface area contributed by atoms with Gasteiger partial charge in [-0.05, 0) is 43.9 Å². The van der Waals surface area contributed by atoms with Crippen LogP contribution in [0.4, 0.5) is 0 Å². The normalized spacial score (nSPS) is 40.0. The lowest BCUT2D eigenvalue weighted by Crippen LogP contribution is -2.77. The van der Waals surface area contributed by atoms with Crippen LogP contribution in [0.2, 0.25) is 0 Å². The van der Waals surface area contributed by atoms with Crippen LogP contribution in [0.15, 0.2) is 0 Å². The second kappa shape index (κ2) is 5.46. The van der Waals surface area contributed by atoms with E-state index in [9.17, 15) is 10.1 Å². The minimum Gasteiger partial charge on any atom is -0.426 e. The molecule has 0 radical (unpaired) electrons. The number of fused-ring (bicyclic) bond motifs is 2. The first kappa shape index (κ1) is 16.6. The topological polar surface area (TPSA) is 49.7 Å². The van der Waals surface area contributed by atoms with Crippen LogP contribution in [-0.4, -0.2) is 33.7 Å². The fraction of sp³-hybridized carbons (Fsp3) is 1.00. The lowest BCUT2D eigenvalue weighted by atomic mass is 9.40. The molecule has 0 aromatic rings. The molecule has 2 N–H and O–H groups in total. The number of hydrogen-bond acceptors (Lipinski definition) is 3. The summed E-state index contributed by atoms with van der Waals surface area (Å²) in [6.45, 7) is 8.21. The smallest absolute Gasteiger partial charge is 0.426 e. The molecule has 116 valence electrons. The zero-order chi connectivity index (χ0) is 15.2.